The minimum atomic E-state index is -3.61. The second kappa shape index (κ2) is 2.97. The molecule has 0 rings (SSSR count). The zero-order valence-corrected chi connectivity index (χ0v) is 7.77. The predicted molar refractivity (Wildman–Crippen MR) is 29.1 cm³/mol. The molecule has 0 saturated carbocycles. The molecule has 0 aromatic heterocycles. The quantitative estimate of drug-likeness (QED) is 0.296. The molecular formula is H6AlO3PSi. The summed E-state index contributed by atoms with van der Waals surface area (Å²) in [5.74, 6) is 0. The first-order chi connectivity index (χ1) is 2.00. The summed E-state index contributed by atoms with van der Waals surface area (Å²) in [4.78, 5) is 15.3. The minimum absolute atomic E-state index is 0. The Balaban J connectivity index is 0. The molecular weight excluding hydrogens is 134 g/mol. The van der Waals surface area contributed by atoms with Gasteiger partial charge in [0.05, 0.1) is 0 Å². The lowest BCUT2D eigenvalue weighted by molar-refractivity contribution is 0.395. The van der Waals surface area contributed by atoms with Crippen molar-refractivity contribution in [1.82, 2.24) is 0 Å². The highest BCUT2D eigenvalue weighted by molar-refractivity contribution is 7.77. The molecule has 0 heterocycles. The SMILES string of the molecule is O=P(O)(O)[SiH2].[AlH2]. The first-order valence-electron chi connectivity index (χ1n) is 0.899. The van der Waals surface area contributed by atoms with E-state index >= 15 is 0 Å². The maximum Gasteiger partial charge on any atom is 0.282 e. The van der Waals surface area contributed by atoms with Gasteiger partial charge in [0, 0.05) is 0 Å². The third kappa shape index (κ3) is 92.1. The molecule has 36 valence electrons. The average molecular weight is 140 g/mol. The second-order valence-corrected chi connectivity index (χ2v) is 4.47. The highest BCUT2D eigenvalue weighted by Crippen LogP contribution is 2.24. The standard InChI is InChI=1S/Al.H4O3PSi.2H/c;1-4(2,3)5;;/h;5H2,(H2,1,2,3);;. The van der Waals surface area contributed by atoms with Crippen LogP contribution in [0.15, 0.2) is 0 Å². The molecule has 0 unspecified atom stereocenters. The van der Waals surface area contributed by atoms with Crippen LogP contribution in [0.3, 0.4) is 0 Å². The molecule has 6 heteroatoms. The van der Waals surface area contributed by atoms with Gasteiger partial charge in [-0.25, -0.2) is 0 Å². The fraction of sp³-hybridized carbons (Fsp3) is 0. The van der Waals surface area contributed by atoms with Gasteiger partial charge in [-0.05, 0) is 0 Å². The van der Waals surface area contributed by atoms with E-state index in [4.69, 9.17) is 9.79 Å². The molecule has 0 aliphatic rings. The first kappa shape index (κ1) is 10.0. The Morgan fingerprint density at radius 3 is 1.50 bits per heavy atom. The van der Waals surface area contributed by atoms with Gasteiger partial charge in [0.2, 0.25) is 0 Å². The Hall–Kier alpha value is 0.899. The zero-order valence-electron chi connectivity index (χ0n) is 3.46. The Kier molecular flexibility index (Phi) is 4.96. The Morgan fingerprint density at radius 2 is 1.50 bits per heavy atom. The molecule has 2 radical (unpaired) electrons. The van der Waals surface area contributed by atoms with E-state index in [1.54, 1.807) is 0 Å². The molecule has 0 aliphatic heterocycles. The predicted octanol–water partition coefficient (Wildman–Crippen LogP) is -2.20. The molecule has 0 amide bonds. The van der Waals surface area contributed by atoms with E-state index < -0.39 is 7.14 Å². The van der Waals surface area contributed by atoms with E-state index in [0.29, 0.717) is 9.91 Å². The topological polar surface area (TPSA) is 57.5 Å². The van der Waals surface area contributed by atoms with Crippen LogP contribution in [0.1, 0.15) is 0 Å². The van der Waals surface area contributed by atoms with Gasteiger partial charge in [0.25, 0.3) is 7.14 Å². The van der Waals surface area contributed by atoms with Crippen molar-refractivity contribution in [1.29, 1.82) is 0 Å². The second-order valence-electron chi connectivity index (χ2n) is 0.665. The van der Waals surface area contributed by atoms with Gasteiger partial charge in [0.1, 0.15) is 17.4 Å². The van der Waals surface area contributed by atoms with E-state index in [0.717, 1.165) is 0 Å². The summed E-state index contributed by atoms with van der Waals surface area (Å²) in [7, 11) is -2.93. The monoisotopic (exact) mass is 140 g/mol. The van der Waals surface area contributed by atoms with Crippen LogP contribution >= 0.6 is 7.14 Å². The number of rotatable bonds is 0. The summed E-state index contributed by atoms with van der Waals surface area (Å²) < 4.78 is 9.34. The summed E-state index contributed by atoms with van der Waals surface area (Å²) >= 11 is 0. The van der Waals surface area contributed by atoms with E-state index in [1.807, 2.05) is 0 Å². The van der Waals surface area contributed by atoms with E-state index in [2.05, 4.69) is 0 Å². The van der Waals surface area contributed by atoms with Crippen molar-refractivity contribution >= 4 is 34.4 Å². The van der Waals surface area contributed by atoms with Gasteiger partial charge in [0.15, 0.2) is 9.91 Å². The summed E-state index contributed by atoms with van der Waals surface area (Å²) in [5.41, 5.74) is 0. The van der Waals surface area contributed by atoms with Crippen LogP contribution in [0.4, 0.5) is 0 Å². The highest BCUT2D eigenvalue weighted by Gasteiger charge is 1.95. The summed E-state index contributed by atoms with van der Waals surface area (Å²) in [6.07, 6.45) is 0. The van der Waals surface area contributed by atoms with Gasteiger partial charge in [-0.2, -0.15) is 0 Å². The van der Waals surface area contributed by atoms with Gasteiger partial charge in [-0.3, -0.25) is 4.57 Å². The van der Waals surface area contributed by atoms with Gasteiger partial charge >= 0.3 is 0 Å². The molecule has 0 aromatic carbocycles. The molecule has 0 saturated heterocycles. The molecule has 0 aromatic rings. The van der Waals surface area contributed by atoms with Crippen molar-refractivity contribution in [3.8, 4) is 0 Å². The normalized spacial score (nSPS) is 9.83. The minimum Gasteiger partial charge on any atom is -0.329 e. The lowest BCUT2D eigenvalue weighted by Gasteiger charge is -1.85. The van der Waals surface area contributed by atoms with Crippen LogP contribution < -0.4 is 0 Å². The Bertz CT molecular complexity index is 56.9. The molecule has 0 fully saturated rings. The van der Waals surface area contributed by atoms with Crippen molar-refractivity contribution in [2.24, 2.45) is 0 Å². The van der Waals surface area contributed by atoms with Crippen LogP contribution in [-0.2, 0) is 4.57 Å². The van der Waals surface area contributed by atoms with Crippen molar-refractivity contribution in [3.05, 3.63) is 0 Å². The van der Waals surface area contributed by atoms with Crippen molar-refractivity contribution in [2.75, 3.05) is 0 Å². The molecule has 0 atom stereocenters. The lowest BCUT2D eigenvalue weighted by Crippen LogP contribution is -1.67. The average Bonchev–Trinajstić information content (AvgIpc) is 0.722. The van der Waals surface area contributed by atoms with Crippen molar-refractivity contribution in [2.45, 2.75) is 0 Å². The molecule has 0 spiro atoms. The fourth-order valence-electron chi connectivity index (χ4n) is 0. The Morgan fingerprint density at radius 1 is 1.50 bits per heavy atom. The summed E-state index contributed by atoms with van der Waals surface area (Å²) in [5, 5.41) is 0. The summed E-state index contributed by atoms with van der Waals surface area (Å²) in [6, 6.07) is 0. The maximum atomic E-state index is 9.34. The van der Waals surface area contributed by atoms with Gasteiger partial charge < -0.3 is 9.79 Å². The Labute approximate surface area is 49.3 Å². The maximum absolute atomic E-state index is 9.34. The van der Waals surface area contributed by atoms with E-state index in [1.165, 1.54) is 0 Å². The number of hydrogen-bond acceptors (Lipinski definition) is 1. The van der Waals surface area contributed by atoms with E-state index in [-0.39, 0.29) is 17.4 Å². The van der Waals surface area contributed by atoms with Crippen LogP contribution in [0.5, 0.6) is 0 Å². The number of hydrogen-bond donors (Lipinski definition) is 2. The lowest BCUT2D eigenvalue weighted by atomic mass is 15.8. The van der Waals surface area contributed by atoms with Crippen LogP contribution in [0.25, 0.3) is 0 Å². The van der Waals surface area contributed by atoms with Crippen LogP contribution in [0, 0.1) is 0 Å². The van der Waals surface area contributed by atoms with E-state index in [9.17, 15) is 4.57 Å². The van der Waals surface area contributed by atoms with Crippen molar-refractivity contribution < 1.29 is 14.4 Å². The molecule has 0 bridgehead atoms. The van der Waals surface area contributed by atoms with Crippen LogP contribution in [0.2, 0.25) is 0 Å². The largest absolute Gasteiger partial charge is 0.329 e. The molecule has 3 nitrogen and oxygen atoms in total. The fourth-order valence-corrected chi connectivity index (χ4v) is 0. The highest BCUT2D eigenvalue weighted by atomic mass is 31.4. The summed E-state index contributed by atoms with van der Waals surface area (Å²) in [6.45, 7) is 0. The third-order valence-corrected chi connectivity index (χ3v) is 0. The third-order valence-electron chi connectivity index (χ3n) is 0. The molecule has 6 heavy (non-hydrogen) atoms. The smallest absolute Gasteiger partial charge is 0.282 e. The molecule has 2 N–H and O–H groups in total. The van der Waals surface area contributed by atoms with Gasteiger partial charge in [-0.15, -0.1) is 0 Å². The first-order valence-corrected chi connectivity index (χ1v) is 4.59. The van der Waals surface area contributed by atoms with Gasteiger partial charge in [-0.1, -0.05) is 0 Å². The zero-order chi connectivity index (χ0) is 4.50. The molecule has 0 aliphatic carbocycles. The van der Waals surface area contributed by atoms with Crippen LogP contribution in [-0.4, -0.2) is 37.1 Å². The van der Waals surface area contributed by atoms with Crippen molar-refractivity contribution in [3.63, 3.8) is 0 Å².